The molecule has 3 heteroatoms. The zero-order valence-electron chi connectivity index (χ0n) is 12.7. The Morgan fingerprint density at radius 2 is 1.82 bits per heavy atom. The van der Waals surface area contributed by atoms with Crippen LogP contribution in [0.5, 0.6) is 11.5 Å². The minimum atomic E-state index is 0.523. The summed E-state index contributed by atoms with van der Waals surface area (Å²) >= 11 is 0. The summed E-state index contributed by atoms with van der Waals surface area (Å²) in [5.41, 5.74) is 2.07. The van der Waals surface area contributed by atoms with Crippen molar-refractivity contribution in [2.75, 3.05) is 6.61 Å². The molecule has 1 aromatic heterocycles. The molecule has 0 aliphatic heterocycles. The number of rotatable bonds is 6. The van der Waals surface area contributed by atoms with Crippen molar-refractivity contribution in [2.24, 2.45) is 0 Å². The Labute approximate surface area is 130 Å². The van der Waals surface area contributed by atoms with Gasteiger partial charge in [-0.15, -0.1) is 0 Å². The van der Waals surface area contributed by atoms with Crippen molar-refractivity contribution in [1.82, 2.24) is 4.98 Å². The molecule has 0 aliphatic carbocycles. The highest BCUT2D eigenvalue weighted by atomic mass is 16.5. The summed E-state index contributed by atoms with van der Waals surface area (Å²) in [5.74, 6) is 1.74. The molecule has 0 amide bonds. The van der Waals surface area contributed by atoms with Crippen LogP contribution < -0.4 is 9.47 Å². The first-order chi connectivity index (χ1) is 10.8. The number of fused-ring (bicyclic) bond motifs is 1. The first kappa shape index (κ1) is 14.4. The number of nitrogens with zero attached hydrogens (tertiary/aromatic N) is 1. The topological polar surface area (TPSA) is 31.4 Å². The maximum Gasteiger partial charge on any atom is 0.120 e. The molecule has 0 saturated carbocycles. The fourth-order valence-corrected chi connectivity index (χ4v) is 2.26. The molecule has 0 bridgehead atoms. The maximum atomic E-state index is 5.88. The molecule has 0 radical (unpaired) electrons. The molecule has 0 spiro atoms. The van der Waals surface area contributed by atoms with Gasteiger partial charge in [0.2, 0.25) is 0 Å². The largest absolute Gasteiger partial charge is 0.494 e. The molecule has 3 aromatic rings. The molecular formula is C19H19NO2. The Morgan fingerprint density at radius 1 is 0.909 bits per heavy atom. The van der Waals surface area contributed by atoms with Crippen molar-refractivity contribution in [2.45, 2.75) is 20.0 Å². The van der Waals surface area contributed by atoms with Crippen LogP contribution in [0.1, 0.15) is 18.9 Å². The lowest BCUT2D eigenvalue weighted by Gasteiger charge is -2.09. The maximum absolute atomic E-state index is 5.88. The van der Waals surface area contributed by atoms with Crippen molar-refractivity contribution in [1.29, 1.82) is 0 Å². The normalized spacial score (nSPS) is 10.6. The molecule has 0 fully saturated rings. The fourth-order valence-electron chi connectivity index (χ4n) is 2.26. The summed E-state index contributed by atoms with van der Waals surface area (Å²) in [5, 5.41) is 1.08. The van der Waals surface area contributed by atoms with Gasteiger partial charge in [-0.2, -0.15) is 0 Å². The van der Waals surface area contributed by atoms with Gasteiger partial charge in [0.15, 0.2) is 0 Å². The van der Waals surface area contributed by atoms with Gasteiger partial charge in [-0.1, -0.05) is 25.1 Å². The first-order valence-corrected chi connectivity index (χ1v) is 7.54. The van der Waals surface area contributed by atoms with E-state index in [0.29, 0.717) is 6.61 Å². The Kier molecular flexibility index (Phi) is 4.54. The van der Waals surface area contributed by atoms with Gasteiger partial charge in [0.1, 0.15) is 18.1 Å². The lowest BCUT2D eigenvalue weighted by atomic mass is 10.2. The third-order valence-corrected chi connectivity index (χ3v) is 3.35. The van der Waals surface area contributed by atoms with Crippen molar-refractivity contribution >= 4 is 10.9 Å². The molecule has 2 aromatic carbocycles. The van der Waals surface area contributed by atoms with Crippen molar-refractivity contribution in [3.05, 3.63) is 66.4 Å². The molecule has 0 saturated heterocycles. The first-order valence-electron chi connectivity index (χ1n) is 7.54. The van der Waals surface area contributed by atoms with Gasteiger partial charge in [-0.05, 0) is 48.4 Å². The quantitative estimate of drug-likeness (QED) is 0.665. The minimum absolute atomic E-state index is 0.523. The number of pyridine rings is 1. The summed E-state index contributed by atoms with van der Waals surface area (Å²) in [6.45, 7) is 3.36. The molecule has 0 atom stereocenters. The van der Waals surface area contributed by atoms with Gasteiger partial charge in [-0.3, -0.25) is 4.98 Å². The van der Waals surface area contributed by atoms with Crippen LogP contribution in [0.25, 0.3) is 10.9 Å². The second-order valence-corrected chi connectivity index (χ2v) is 5.14. The average Bonchev–Trinajstić information content (AvgIpc) is 2.58. The Morgan fingerprint density at radius 3 is 2.73 bits per heavy atom. The Hall–Kier alpha value is -2.55. The van der Waals surface area contributed by atoms with Gasteiger partial charge in [0.05, 0.1) is 12.1 Å². The van der Waals surface area contributed by atoms with E-state index >= 15 is 0 Å². The van der Waals surface area contributed by atoms with Crippen LogP contribution in [-0.4, -0.2) is 11.6 Å². The van der Waals surface area contributed by atoms with Crippen molar-refractivity contribution in [3.63, 3.8) is 0 Å². The minimum Gasteiger partial charge on any atom is -0.494 e. The second-order valence-electron chi connectivity index (χ2n) is 5.14. The lowest BCUT2D eigenvalue weighted by molar-refractivity contribution is 0.300. The van der Waals surface area contributed by atoms with Crippen LogP contribution in [0.3, 0.4) is 0 Å². The van der Waals surface area contributed by atoms with Crippen LogP contribution >= 0.6 is 0 Å². The van der Waals surface area contributed by atoms with E-state index in [1.54, 1.807) is 6.20 Å². The molecular weight excluding hydrogens is 274 g/mol. The predicted molar refractivity (Wildman–Crippen MR) is 88.3 cm³/mol. The monoisotopic (exact) mass is 293 g/mol. The molecule has 22 heavy (non-hydrogen) atoms. The summed E-state index contributed by atoms with van der Waals surface area (Å²) in [6, 6.07) is 17.9. The molecule has 0 aliphatic rings. The van der Waals surface area contributed by atoms with Gasteiger partial charge in [0, 0.05) is 11.6 Å². The highest BCUT2D eigenvalue weighted by Gasteiger charge is 2.01. The SMILES string of the molecule is CCCOc1cccc(COc2ccc3ncccc3c2)c1. The lowest BCUT2D eigenvalue weighted by Crippen LogP contribution is -1.98. The van der Waals surface area contributed by atoms with E-state index in [4.69, 9.17) is 9.47 Å². The standard InChI is InChI=1S/C19H19NO2/c1-2-11-21-17-7-3-5-15(12-17)14-22-18-8-9-19-16(13-18)6-4-10-20-19/h3-10,12-13H,2,11,14H2,1H3. The smallest absolute Gasteiger partial charge is 0.120 e. The summed E-state index contributed by atoms with van der Waals surface area (Å²) in [4.78, 5) is 4.31. The van der Waals surface area contributed by atoms with Crippen LogP contribution in [0, 0.1) is 0 Å². The van der Waals surface area contributed by atoms with Crippen molar-refractivity contribution < 1.29 is 9.47 Å². The van der Waals surface area contributed by atoms with Crippen LogP contribution in [0.2, 0.25) is 0 Å². The van der Waals surface area contributed by atoms with Crippen LogP contribution in [0.4, 0.5) is 0 Å². The van der Waals surface area contributed by atoms with Gasteiger partial charge in [0.25, 0.3) is 0 Å². The third-order valence-electron chi connectivity index (χ3n) is 3.35. The van der Waals surface area contributed by atoms with Gasteiger partial charge >= 0.3 is 0 Å². The second kappa shape index (κ2) is 6.94. The highest BCUT2D eigenvalue weighted by Crippen LogP contribution is 2.21. The number of benzene rings is 2. The zero-order valence-corrected chi connectivity index (χ0v) is 12.7. The molecule has 0 unspecified atom stereocenters. The van der Waals surface area contributed by atoms with E-state index in [1.165, 1.54) is 0 Å². The van der Waals surface area contributed by atoms with E-state index in [-0.39, 0.29) is 0 Å². The van der Waals surface area contributed by atoms with E-state index in [9.17, 15) is 0 Å². The van der Waals surface area contributed by atoms with E-state index in [0.717, 1.165) is 41.0 Å². The molecule has 3 rings (SSSR count). The summed E-state index contributed by atoms with van der Waals surface area (Å²) in [6.07, 6.45) is 2.80. The van der Waals surface area contributed by atoms with Crippen molar-refractivity contribution in [3.8, 4) is 11.5 Å². The summed E-state index contributed by atoms with van der Waals surface area (Å²) in [7, 11) is 0. The van der Waals surface area contributed by atoms with Gasteiger partial charge < -0.3 is 9.47 Å². The van der Waals surface area contributed by atoms with Gasteiger partial charge in [-0.25, -0.2) is 0 Å². The molecule has 0 N–H and O–H groups in total. The Balaban J connectivity index is 1.68. The summed E-state index contributed by atoms with van der Waals surface area (Å²) < 4.78 is 11.5. The highest BCUT2D eigenvalue weighted by molar-refractivity contribution is 5.79. The van der Waals surface area contributed by atoms with E-state index in [1.807, 2.05) is 54.6 Å². The molecule has 3 nitrogen and oxygen atoms in total. The predicted octanol–water partition coefficient (Wildman–Crippen LogP) is 4.60. The number of aromatic nitrogens is 1. The zero-order chi connectivity index (χ0) is 15.2. The van der Waals surface area contributed by atoms with Crippen LogP contribution in [-0.2, 0) is 6.61 Å². The van der Waals surface area contributed by atoms with E-state index < -0.39 is 0 Å². The average molecular weight is 293 g/mol. The Bertz CT molecular complexity index is 755. The number of ether oxygens (including phenoxy) is 2. The molecule has 112 valence electrons. The third kappa shape index (κ3) is 3.55. The fraction of sp³-hybridized carbons (Fsp3) is 0.211. The number of hydrogen-bond donors (Lipinski definition) is 0. The van der Waals surface area contributed by atoms with Crippen LogP contribution in [0.15, 0.2) is 60.8 Å². The number of hydrogen-bond acceptors (Lipinski definition) is 3. The van der Waals surface area contributed by atoms with E-state index in [2.05, 4.69) is 11.9 Å². The molecule has 1 heterocycles.